The molecule has 10 nitrogen and oxygen atoms in total. The minimum Gasteiger partial charge on any atom is -0.505 e. The van der Waals surface area contributed by atoms with Gasteiger partial charge in [0, 0.05) is 19.4 Å². The summed E-state index contributed by atoms with van der Waals surface area (Å²) in [6.45, 7) is 9.86. The predicted molar refractivity (Wildman–Crippen MR) is 142 cm³/mol. The molecule has 3 rings (SSSR count). The maximum absolute atomic E-state index is 13.4. The van der Waals surface area contributed by atoms with Crippen molar-refractivity contribution in [3.63, 3.8) is 0 Å². The number of hydrogen-bond acceptors (Lipinski definition) is 9. The second kappa shape index (κ2) is 12.0. The number of anilines is 3. The van der Waals surface area contributed by atoms with Crippen LogP contribution in [0.25, 0.3) is 0 Å². The number of aromatic hydroxyl groups is 1. The van der Waals surface area contributed by atoms with Gasteiger partial charge in [0.2, 0.25) is 11.8 Å². The second-order valence-corrected chi connectivity index (χ2v) is 9.11. The number of phenolic OH excluding ortho intramolecular Hbond substituents is 1. The average Bonchev–Trinajstić information content (AvgIpc) is 2.86. The summed E-state index contributed by atoms with van der Waals surface area (Å²) in [7, 11) is 0. The lowest BCUT2D eigenvalue weighted by atomic mass is 9.98. The van der Waals surface area contributed by atoms with Crippen LogP contribution in [0, 0.1) is 13.8 Å². The van der Waals surface area contributed by atoms with Crippen LogP contribution in [0.3, 0.4) is 0 Å². The average molecular weight is 527 g/mol. The van der Waals surface area contributed by atoms with Gasteiger partial charge < -0.3 is 24.6 Å². The minimum absolute atomic E-state index is 0.0602. The van der Waals surface area contributed by atoms with Crippen LogP contribution >= 0.6 is 0 Å². The van der Waals surface area contributed by atoms with E-state index in [0.29, 0.717) is 29.1 Å². The fourth-order valence-electron chi connectivity index (χ4n) is 4.13. The summed E-state index contributed by atoms with van der Waals surface area (Å²) in [5, 5.41) is 14.3. The molecule has 0 unspecified atom stereocenters. The largest absolute Gasteiger partial charge is 0.505 e. The topological polar surface area (TPSA) is 131 Å². The first-order valence-corrected chi connectivity index (χ1v) is 12.7. The molecule has 0 aliphatic carbocycles. The van der Waals surface area contributed by atoms with Crippen molar-refractivity contribution in [2.45, 2.75) is 67.2 Å². The van der Waals surface area contributed by atoms with Crippen molar-refractivity contribution in [2.75, 3.05) is 23.4 Å². The number of amides is 2. The van der Waals surface area contributed by atoms with Crippen LogP contribution in [-0.4, -0.2) is 42.1 Å². The van der Waals surface area contributed by atoms with E-state index in [0.717, 1.165) is 26.7 Å². The molecule has 1 aliphatic rings. The molecule has 2 amide bonds. The fourth-order valence-corrected chi connectivity index (χ4v) is 4.13. The molecular weight excluding hydrogens is 492 g/mol. The maximum atomic E-state index is 13.4. The van der Waals surface area contributed by atoms with Gasteiger partial charge in [0.25, 0.3) is 0 Å². The first kappa shape index (κ1) is 28.5. The van der Waals surface area contributed by atoms with E-state index in [9.17, 15) is 24.3 Å². The third-order valence-electron chi connectivity index (χ3n) is 6.18. The van der Waals surface area contributed by atoms with Crippen LogP contribution < -0.4 is 15.0 Å². The molecule has 0 atom stereocenters. The summed E-state index contributed by atoms with van der Waals surface area (Å²) in [4.78, 5) is 52.1. The Balaban J connectivity index is 2.27. The molecule has 204 valence electrons. The van der Waals surface area contributed by atoms with Gasteiger partial charge in [-0.2, -0.15) is 0 Å². The van der Waals surface area contributed by atoms with E-state index in [2.05, 4.69) is 5.32 Å². The summed E-state index contributed by atoms with van der Waals surface area (Å²) < 4.78 is 17.0. The fraction of sp³-hybridized carbons (Fsp3) is 0.429. The highest BCUT2D eigenvalue weighted by atomic mass is 16.5. The van der Waals surface area contributed by atoms with Gasteiger partial charge in [-0.05, 0) is 38.3 Å². The second-order valence-electron chi connectivity index (χ2n) is 9.11. The summed E-state index contributed by atoms with van der Waals surface area (Å²) in [6, 6.07) is 3.30. The van der Waals surface area contributed by atoms with Gasteiger partial charge in [-0.3, -0.25) is 9.59 Å². The van der Waals surface area contributed by atoms with Gasteiger partial charge in [0.05, 0.1) is 30.2 Å². The molecule has 0 saturated carbocycles. The van der Waals surface area contributed by atoms with Crippen LogP contribution in [0.5, 0.6) is 17.2 Å². The molecule has 0 radical (unpaired) electrons. The van der Waals surface area contributed by atoms with Crippen LogP contribution in [0.4, 0.5) is 17.1 Å². The van der Waals surface area contributed by atoms with E-state index in [1.807, 2.05) is 13.8 Å². The number of carbonyl (C=O) groups excluding carboxylic acids is 4. The van der Waals surface area contributed by atoms with Crippen molar-refractivity contribution in [1.82, 2.24) is 0 Å². The Hall–Kier alpha value is -4.08. The van der Waals surface area contributed by atoms with Gasteiger partial charge in [-0.1, -0.05) is 32.8 Å². The first-order valence-electron chi connectivity index (χ1n) is 12.7. The minimum atomic E-state index is -0.869. The Bertz CT molecular complexity index is 1270. The van der Waals surface area contributed by atoms with E-state index in [1.54, 1.807) is 19.1 Å². The zero-order chi connectivity index (χ0) is 28.1. The van der Waals surface area contributed by atoms with Crippen molar-refractivity contribution in [3.8, 4) is 17.2 Å². The highest BCUT2D eigenvalue weighted by Gasteiger charge is 2.37. The number of aryl methyl sites for hydroxylation is 1. The molecule has 2 aromatic rings. The van der Waals surface area contributed by atoms with Crippen molar-refractivity contribution in [2.24, 2.45) is 0 Å². The number of esters is 2. The van der Waals surface area contributed by atoms with E-state index >= 15 is 0 Å². The molecule has 2 N–H and O–H groups in total. The molecule has 0 saturated heterocycles. The highest BCUT2D eigenvalue weighted by Crippen LogP contribution is 2.54. The van der Waals surface area contributed by atoms with Gasteiger partial charge in [0.15, 0.2) is 11.5 Å². The number of rotatable bonds is 9. The lowest BCUT2D eigenvalue weighted by Crippen LogP contribution is -2.35. The van der Waals surface area contributed by atoms with Crippen molar-refractivity contribution in [1.29, 1.82) is 0 Å². The molecule has 0 fully saturated rings. The molecular formula is C28H34N2O8. The highest BCUT2D eigenvalue weighted by molar-refractivity contribution is 6.20. The Morgan fingerprint density at radius 2 is 1.47 bits per heavy atom. The maximum Gasteiger partial charge on any atom is 0.342 e. The van der Waals surface area contributed by atoms with E-state index in [1.165, 1.54) is 6.92 Å². The van der Waals surface area contributed by atoms with Gasteiger partial charge in [-0.25, -0.2) is 14.5 Å². The van der Waals surface area contributed by atoms with E-state index in [4.69, 9.17) is 14.2 Å². The van der Waals surface area contributed by atoms with Crippen LogP contribution in [0.15, 0.2) is 12.1 Å². The SMILES string of the molecule is CCCCOC(=O)c1ccc(C)c2c1Nc1c(c(C)c(O)c(N(C(C)=O)C(C)=O)c1C(=O)OCCCC)O2. The zero-order valence-corrected chi connectivity index (χ0v) is 22.6. The molecule has 0 bridgehead atoms. The molecule has 0 spiro atoms. The number of hydrogen-bond donors (Lipinski definition) is 2. The van der Waals surface area contributed by atoms with Gasteiger partial charge in [-0.15, -0.1) is 0 Å². The summed E-state index contributed by atoms with van der Waals surface area (Å²) in [5.74, 6) is -2.91. The number of carbonyl (C=O) groups is 4. The Morgan fingerprint density at radius 1 is 0.895 bits per heavy atom. The summed E-state index contributed by atoms with van der Waals surface area (Å²) in [5.41, 5.74) is 0.789. The smallest absolute Gasteiger partial charge is 0.342 e. The van der Waals surface area contributed by atoms with Gasteiger partial charge in [0.1, 0.15) is 17.0 Å². The normalized spacial score (nSPS) is 11.4. The third kappa shape index (κ3) is 5.44. The quantitative estimate of drug-likeness (QED) is 0.206. The zero-order valence-electron chi connectivity index (χ0n) is 22.6. The summed E-state index contributed by atoms with van der Waals surface area (Å²) in [6.07, 6.45) is 2.91. The number of nitrogens with one attached hydrogen (secondary N) is 1. The number of fused-ring (bicyclic) bond motifs is 2. The number of unbranched alkanes of at least 4 members (excludes halogenated alkanes) is 2. The van der Waals surface area contributed by atoms with Gasteiger partial charge >= 0.3 is 11.9 Å². The van der Waals surface area contributed by atoms with E-state index < -0.39 is 29.5 Å². The molecule has 0 aromatic heterocycles. The molecule has 2 aromatic carbocycles. The Kier molecular flexibility index (Phi) is 8.98. The van der Waals surface area contributed by atoms with Crippen molar-refractivity contribution >= 4 is 40.8 Å². The van der Waals surface area contributed by atoms with Crippen LogP contribution in [-0.2, 0) is 19.1 Å². The predicted octanol–water partition coefficient (Wildman–Crippen LogP) is 5.67. The molecule has 10 heteroatoms. The molecule has 1 aliphatic heterocycles. The number of phenols is 1. The third-order valence-corrected chi connectivity index (χ3v) is 6.18. The molecule has 1 heterocycles. The lowest BCUT2D eigenvalue weighted by molar-refractivity contribution is -0.124. The summed E-state index contributed by atoms with van der Waals surface area (Å²) >= 11 is 0. The standard InChI is InChI=1S/C28H34N2O8/c1-7-9-13-36-27(34)19-12-11-15(3)25-21(19)29-22-20(28(35)37-14-10-8-2)23(30(17(5)31)18(6)32)24(33)16(4)26(22)38-25/h11-12,29,33H,7-10,13-14H2,1-6H3. The number of ether oxygens (including phenoxy) is 3. The van der Waals surface area contributed by atoms with Crippen LogP contribution in [0.1, 0.15) is 85.2 Å². The van der Waals surface area contributed by atoms with E-state index in [-0.39, 0.29) is 52.7 Å². The monoisotopic (exact) mass is 526 g/mol. The van der Waals surface area contributed by atoms with Crippen molar-refractivity contribution in [3.05, 3.63) is 34.4 Å². The number of nitrogens with zero attached hydrogens (tertiary/aromatic N) is 1. The number of benzene rings is 2. The molecule has 38 heavy (non-hydrogen) atoms. The number of imide groups is 1. The Morgan fingerprint density at radius 3 is 2.03 bits per heavy atom. The first-order chi connectivity index (χ1) is 18.0. The van der Waals surface area contributed by atoms with Crippen LogP contribution in [0.2, 0.25) is 0 Å². The lowest BCUT2D eigenvalue weighted by Gasteiger charge is -2.31. The Labute approximate surface area is 221 Å². The van der Waals surface area contributed by atoms with Crippen molar-refractivity contribution < 1.29 is 38.5 Å².